The monoisotopic (exact) mass is 317 g/mol. The Morgan fingerprint density at radius 2 is 1.85 bits per heavy atom. The minimum absolute atomic E-state index is 0.0152. The van der Waals surface area contributed by atoms with Crippen LogP contribution in [0.1, 0.15) is 48.7 Å². The van der Waals surface area contributed by atoms with Crippen LogP contribution in [0.2, 0.25) is 0 Å². The average Bonchev–Trinajstić information content (AvgIpc) is 2.30. The topological polar surface area (TPSA) is 63.2 Å². The molecule has 0 radical (unpaired) electrons. The van der Waals surface area contributed by atoms with E-state index in [1.807, 2.05) is 20.8 Å². The second kappa shape index (κ2) is 5.74. The van der Waals surface area contributed by atoms with Gasteiger partial charge in [0.25, 0.3) is 15.0 Å². The molecular weight excluding hydrogens is 298 g/mol. The summed E-state index contributed by atoms with van der Waals surface area (Å²) in [4.78, 5) is 12.2. The lowest BCUT2D eigenvalue weighted by molar-refractivity contribution is 0.0911. The predicted molar refractivity (Wildman–Crippen MR) is 80.8 cm³/mol. The first-order valence-electron chi connectivity index (χ1n) is 6.36. The highest BCUT2D eigenvalue weighted by Gasteiger charge is 2.22. The van der Waals surface area contributed by atoms with Gasteiger partial charge in [0.15, 0.2) is 0 Å². The van der Waals surface area contributed by atoms with E-state index in [-0.39, 0.29) is 16.3 Å². The van der Waals surface area contributed by atoms with Gasteiger partial charge in [-0.2, -0.15) is 0 Å². The fourth-order valence-corrected chi connectivity index (χ4v) is 2.95. The lowest BCUT2D eigenvalue weighted by Crippen LogP contribution is -2.42. The number of aryl methyl sites for hydroxylation is 1. The molecule has 0 atom stereocenters. The third-order valence-corrected chi connectivity index (χ3v) is 4.93. The van der Waals surface area contributed by atoms with Crippen LogP contribution in [-0.4, -0.2) is 19.9 Å². The molecule has 1 amide bonds. The molecule has 0 aromatic heterocycles. The van der Waals surface area contributed by atoms with Crippen LogP contribution in [0.3, 0.4) is 0 Å². The maximum Gasteiger partial charge on any atom is 0.261 e. The Morgan fingerprint density at radius 3 is 2.30 bits per heavy atom. The lowest BCUT2D eigenvalue weighted by atomic mass is 10.0. The minimum atomic E-state index is -3.87. The molecule has 112 valence electrons. The Kier molecular flexibility index (Phi) is 4.87. The lowest BCUT2D eigenvalue weighted by Gasteiger charge is -2.24. The summed E-state index contributed by atoms with van der Waals surface area (Å²) >= 11 is 0. The summed E-state index contributed by atoms with van der Waals surface area (Å²) in [5.41, 5.74) is 1.22. The summed E-state index contributed by atoms with van der Waals surface area (Å²) in [6, 6.07) is 2.99. The first-order chi connectivity index (χ1) is 8.98. The number of carbonyl (C=O) groups is 1. The Balaban J connectivity index is 3.28. The van der Waals surface area contributed by atoms with E-state index in [0.717, 1.165) is 6.42 Å². The van der Waals surface area contributed by atoms with Gasteiger partial charge >= 0.3 is 0 Å². The molecule has 0 saturated heterocycles. The molecule has 4 nitrogen and oxygen atoms in total. The van der Waals surface area contributed by atoms with Gasteiger partial charge in [-0.05, 0) is 57.4 Å². The van der Waals surface area contributed by atoms with Crippen molar-refractivity contribution in [3.05, 3.63) is 28.8 Å². The van der Waals surface area contributed by atoms with Gasteiger partial charge < -0.3 is 5.32 Å². The molecule has 1 N–H and O–H groups in total. The number of rotatable bonds is 4. The number of halogens is 1. The van der Waals surface area contributed by atoms with Crippen molar-refractivity contribution < 1.29 is 13.2 Å². The van der Waals surface area contributed by atoms with Gasteiger partial charge in [0, 0.05) is 21.8 Å². The fourth-order valence-electron chi connectivity index (χ4n) is 1.68. The van der Waals surface area contributed by atoms with Gasteiger partial charge in [0.1, 0.15) is 0 Å². The molecule has 1 aromatic carbocycles. The van der Waals surface area contributed by atoms with E-state index in [4.69, 9.17) is 10.7 Å². The van der Waals surface area contributed by atoms with Crippen molar-refractivity contribution in [2.75, 3.05) is 0 Å². The summed E-state index contributed by atoms with van der Waals surface area (Å²) < 4.78 is 23.1. The van der Waals surface area contributed by atoms with Crippen LogP contribution in [-0.2, 0) is 9.05 Å². The zero-order valence-electron chi connectivity index (χ0n) is 12.4. The predicted octanol–water partition coefficient (Wildman–Crippen LogP) is 3.15. The van der Waals surface area contributed by atoms with E-state index in [0.29, 0.717) is 16.7 Å². The SMILES string of the molecule is CCC(C)(C)NC(=O)c1cc(C)c(C)c(S(=O)(=O)Cl)c1. The molecule has 20 heavy (non-hydrogen) atoms. The molecule has 0 saturated carbocycles. The van der Waals surface area contributed by atoms with Gasteiger partial charge in [-0.1, -0.05) is 6.92 Å². The highest BCUT2D eigenvalue weighted by Crippen LogP contribution is 2.24. The van der Waals surface area contributed by atoms with Crippen molar-refractivity contribution in [1.82, 2.24) is 5.32 Å². The first-order valence-corrected chi connectivity index (χ1v) is 8.67. The second-order valence-electron chi connectivity index (χ2n) is 5.55. The van der Waals surface area contributed by atoms with Crippen LogP contribution in [0.25, 0.3) is 0 Å². The fraction of sp³-hybridized carbons (Fsp3) is 0.500. The van der Waals surface area contributed by atoms with Crippen molar-refractivity contribution in [3.8, 4) is 0 Å². The van der Waals surface area contributed by atoms with E-state index in [1.165, 1.54) is 6.07 Å². The van der Waals surface area contributed by atoms with Crippen LogP contribution in [0, 0.1) is 13.8 Å². The van der Waals surface area contributed by atoms with Crippen LogP contribution < -0.4 is 5.32 Å². The second-order valence-corrected chi connectivity index (χ2v) is 8.08. The third kappa shape index (κ3) is 3.96. The summed E-state index contributed by atoms with van der Waals surface area (Å²) in [7, 11) is 1.54. The first kappa shape index (κ1) is 17.0. The number of amides is 1. The Morgan fingerprint density at radius 1 is 1.30 bits per heavy atom. The average molecular weight is 318 g/mol. The Bertz CT molecular complexity index is 636. The minimum Gasteiger partial charge on any atom is -0.347 e. The zero-order chi connectivity index (χ0) is 15.7. The molecule has 1 aromatic rings. The van der Waals surface area contributed by atoms with Crippen molar-refractivity contribution >= 4 is 25.6 Å². The number of carbonyl (C=O) groups excluding carboxylic acids is 1. The van der Waals surface area contributed by atoms with Crippen molar-refractivity contribution in [2.45, 2.75) is 51.5 Å². The van der Waals surface area contributed by atoms with Crippen LogP contribution in [0.4, 0.5) is 0 Å². The number of nitrogens with one attached hydrogen (secondary N) is 1. The largest absolute Gasteiger partial charge is 0.347 e. The smallest absolute Gasteiger partial charge is 0.261 e. The molecular formula is C14H20ClNO3S. The molecule has 0 heterocycles. The van der Waals surface area contributed by atoms with Gasteiger partial charge in [0.05, 0.1) is 4.90 Å². The Labute approximate surface area is 124 Å². The molecule has 0 unspecified atom stereocenters. The normalized spacial score (nSPS) is 12.3. The summed E-state index contributed by atoms with van der Waals surface area (Å²) in [5.74, 6) is -0.304. The highest BCUT2D eigenvalue weighted by molar-refractivity contribution is 8.13. The molecule has 0 aliphatic carbocycles. The van der Waals surface area contributed by atoms with Crippen LogP contribution >= 0.6 is 10.7 Å². The van der Waals surface area contributed by atoms with Gasteiger partial charge in [-0.25, -0.2) is 8.42 Å². The van der Waals surface area contributed by atoms with Crippen LogP contribution in [0.5, 0.6) is 0 Å². The van der Waals surface area contributed by atoms with Gasteiger partial charge in [-0.3, -0.25) is 4.79 Å². The molecule has 6 heteroatoms. The van der Waals surface area contributed by atoms with Gasteiger partial charge in [-0.15, -0.1) is 0 Å². The quantitative estimate of drug-likeness (QED) is 0.868. The maximum atomic E-state index is 12.2. The van der Waals surface area contributed by atoms with E-state index < -0.39 is 9.05 Å². The Hall–Kier alpha value is -1.07. The van der Waals surface area contributed by atoms with Gasteiger partial charge in [0.2, 0.25) is 0 Å². The van der Waals surface area contributed by atoms with E-state index in [9.17, 15) is 13.2 Å². The van der Waals surface area contributed by atoms with E-state index >= 15 is 0 Å². The maximum absolute atomic E-state index is 12.2. The van der Waals surface area contributed by atoms with Crippen molar-refractivity contribution in [3.63, 3.8) is 0 Å². The summed E-state index contributed by atoms with van der Waals surface area (Å²) in [5, 5.41) is 2.87. The third-order valence-electron chi connectivity index (χ3n) is 3.48. The number of hydrogen-bond donors (Lipinski definition) is 1. The molecule has 0 fully saturated rings. The molecule has 1 rings (SSSR count). The molecule has 0 aliphatic rings. The summed E-state index contributed by atoms with van der Waals surface area (Å²) in [6.07, 6.45) is 0.768. The van der Waals surface area contributed by atoms with Crippen molar-refractivity contribution in [2.24, 2.45) is 0 Å². The van der Waals surface area contributed by atoms with E-state index in [1.54, 1.807) is 19.9 Å². The standard InChI is InChI=1S/C14H20ClNO3S/c1-6-14(4,5)16-13(17)11-7-9(2)10(3)12(8-11)20(15,18)19/h7-8H,6H2,1-5H3,(H,16,17). The zero-order valence-corrected chi connectivity index (χ0v) is 13.9. The summed E-state index contributed by atoms with van der Waals surface area (Å²) in [6.45, 7) is 9.20. The van der Waals surface area contributed by atoms with Crippen molar-refractivity contribution in [1.29, 1.82) is 0 Å². The number of hydrogen-bond acceptors (Lipinski definition) is 3. The highest BCUT2D eigenvalue weighted by atomic mass is 35.7. The van der Waals surface area contributed by atoms with Crippen LogP contribution in [0.15, 0.2) is 17.0 Å². The molecule has 0 bridgehead atoms. The molecule has 0 aliphatic heterocycles. The molecule has 0 spiro atoms. The van der Waals surface area contributed by atoms with E-state index in [2.05, 4.69) is 5.32 Å². The number of benzene rings is 1.